The Morgan fingerprint density at radius 3 is 2.41 bits per heavy atom. The average Bonchev–Trinajstić information content (AvgIpc) is 2.70. The normalized spacial score (nSPS) is 15.3. The van der Waals surface area contributed by atoms with Gasteiger partial charge in [-0.15, -0.1) is 0 Å². The second-order valence-corrected chi connectivity index (χ2v) is 8.11. The van der Waals surface area contributed by atoms with Crippen LogP contribution in [0.4, 0.5) is 5.69 Å². The summed E-state index contributed by atoms with van der Waals surface area (Å²) in [5.41, 5.74) is 1.69. The minimum atomic E-state index is -3.63. The van der Waals surface area contributed by atoms with E-state index in [0.717, 1.165) is 5.56 Å². The van der Waals surface area contributed by atoms with Gasteiger partial charge >= 0.3 is 0 Å². The summed E-state index contributed by atoms with van der Waals surface area (Å²) in [6, 6.07) is 11.4. The molecule has 0 saturated carbocycles. The maximum Gasteiger partial charge on any atom is 0.255 e. The molecular weight excluding hydrogens is 368 g/mol. The molecule has 144 valence electrons. The van der Waals surface area contributed by atoms with Crippen molar-refractivity contribution in [1.29, 1.82) is 0 Å². The number of nitrogens with one attached hydrogen (secondary N) is 1. The zero-order chi connectivity index (χ0) is 19.4. The van der Waals surface area contributed by atoms with Gasteiger partial charge < -0.3 is 14.8 Å². The third kappa shape index (κ3) is 4.29. The molecule has 1 aliphatic heterocycles. The number of carbonyl (C=O) groups excluding carboxylic acids is 1. The summed E-state index contributed by atoms with van der Waals surface area (Å²) in [5, 5.41) is 2.79. The summed E-state index contributed by atoms with van der Waals surface area (Å²) in [6.45, 7) is 3.22. The highest BCUT2D eigenvalue weighted by Gasteiger charge is 2.26. The van der Waals surface area contributed by atoms with Crippen LogP contribution in [0.15, 0.2) is 47.4 Å². The van der Waals surface area contributed by atoms with Crippen molar-refractivity contribution in [3.8, 4) is 5.75 Å². The van der Waals surface area contributed by atoms with Crippen LogP contribution in [-0.4, -0.2) is 52.0 Å². The number of anilines is 1. The second-order valence-electron chi connectivity index (χ2n) is 6.18. The van der Waals surface area contributed by atoms with Crippen molar-refractivity contribution in [3.63, 3.8) is 0 Å². The molecule has 8 heteroatoms. The fourth-order valence-electron chi connectivity index (χ4n) is 2.77. The van der Waals surface area contributed by atoms with Crippen LogP contribution in [0, 0.1) is 6.92 Å². The van der Waals surface area contributed by atoms with Gasteiger partial charge in [0, 0.05) is 24.3 Å². The largest absolute Gasteiger partial charge is 0.497 e. The van der Waals surface area contributed by atoms with E-state index in [1.165, 1.54) is 10.4 Å². The van der Waals surface area contributed by atoms with Crippen molar-refractivity contribution in [2.45, 2.75) is 11.8 Å². The highest BCUT2D eigenvalue weighted by molar-refractivity contribution is 7.89. The molecule has 1 saturated heterocycles. The summed E-state index contributed by atoms with van der Waals surface area (Å²) in [7, 11) is -2.07. The lowest BCUT2D eigenvalue weighted by atomic mass is 10.1. The standard InChI is InChI=1S/C19H22N2O5S/c1-14-3-8-17(27(23,24)21-9-11-26-12-10-21)13-18(14)20-19(22)15-4-6-16(25-2)7-5-15/h3-8,13H,9-12H2,1-2H3,(H,20,22). The van der Waals surface area contributed by atoms with E-state index in [9.17, 15) is 13.2 Å². The number of nitrogens with zero attached hydrogens (tertiary/aromatic N) is 1. The van der Waals surface area contributed by atoms with Gasteiger partial charge in [-0.05, 0) is 48.9 Å². The molecule has 2 aromatic carbocycles. The van der Waals surface area contributed by atoms with Gasteiger partial charge in [-0.1, -0.05) is 6.07 Å². The average molecular weight is 390 g/mol. The van der Waals surface area contributed by atoms with E-state index in [-0.39, 0.29) is 10.8 Å². The van der Waals surface area contributed by atoms with E-state index in [0.29, 0.717) is 43.3 Å². The number of benzene rings is 2. The quantitative estimate of drug-likeness (QED) is 0.847. The number of carbonyl (C=O) groups is 1. The van der Waals surface area contributed by atoms with Crippen molar-refractivity contribution in [2.24, 2.45) is 0 Å². The Hall–Kier alpha value is -2.42. The number of amides is 1. The van der Waals surface area contributed by atoms with Gasteiger partial charge in [-0.3, -0.25) is 4.79 Å². The molecule has 3 rings (SSSR count). The number of morpholine rings is 1. The van der Waals surface area contributed by atoms with Crippen LogP contribution in [0.3, 0.4) is 0 Å². The van der Waals surface area contributed by atoms with Crippen molar-refractivity contribution < 1.29 is 22.7 Å². The highest BCUT2D eigenvalue weighted by Crippen LogP contribution is 2.24. The molecule has 2 aromatic rings. The summed E-state index contributed by atoms with van der Waals surface area (Å²) in [6.07, 6.45) is 0. The first-order valence-electron chi connectivity index (χ1n) is 8.56. The number of ether oxygens (including phenoxy) is 2. The lowest BCUT2D eigenvalue weighted by molar-refractivity contribution is 0.0730. The number of sulfonamides is 1. The minimum absolute atomic E-state index is 0.153. The first kappa shape index (κ1) is 19.3. The van der Waals surface area contributed by atoms with Crippen molar-refractivity contribution in [3.05, 3.63) is 53.6 Å². The maximum atomic E-state index is 12.8. The SMILES string of the molecule is COc1ccc(C(=O)Nc2cc(S(=O)(=O)N3CCOCC3)ccc2C)cc1. The first-order chi connectivity index (χ1) is 12.9. The van der Waals surface area contributed by atoms with Crippen LogP contribution in [0.1, 0.15) is 15.9 Å². The Balaban J connectivity index is 1.83. The van der Waals surface area contributed by atoms with E-state index in [4.69, 9.17) is 9.47 Å². The zero-order valence-electron chi connectivity index (χ0n) is 15.3. The number of hydrogen-bond donors (Lipinski definition) is 1. The number of aryl methyl sites for hydroxylation is 1. The van der Waals surface area contributed by atoms with Gasteiger partial charge in [0.1, 0.15) is 5.75 Å². The van der Waals surface area contributed by atoms with Crippen LogP contribution >= 0.6 is 0 Å². The van der Waals surface area contributed by atoms with E-state index in [1.807, 2.05) is 6.92 Å². The lowest BCUT2D eigenvalue weighted by Gasteiger charge is -2.26. The molecule has 1 amide bonds. The van der Waals surface area contributed by atoms with Crippen LogP contribution in [0.25, 0.3) is 0 Å². The molecule has 1 fully saturated rings. The summed E-state index contributed by atoms with van der Waals surface area (Å²) >= 11 is 0. The van der Waals surface area contributed by atoms with Gasteiger partial charge in [0.05, 0.1) is 25.2 Å². The predicted molar refractivity (Wildman–Crippen MR) is 102 cm³/mol. The third-order valence-electron chi connectivity index (χ3n) is 4.42. The molecule has 0 spiro atoms. The first-order valence-corrected chi connectivity index (χ1v) is 10.00. The Bertz CT molecular complexity index is 920. The molecule has 0 atom stereocenters. The molecular formula is C19H22N2O5S. The van der Waals surface area contributed by atoms with Gasteiger partial charge in [0.15, 0.2) is 0 Å². The topological polar surface area (TPSA) is 84.9 Å². The fourth-order valence-corrected chi connectivity index (χ4v) is 4.20. The van der Waals surface area contributed by atoms with E-state index in [1.54, 1.807) is 43.5 Å². The van der Waals surface area contributed by atoms with Gasteiger partial charge in [-0.25, -0.2) is 8.42 Å². The van der Waals surface area contributed by atoms with Crippen molar-refractivity contribution in [1.82, 2.24) is 4.31 Å². The Kier molecular flexibility index (Phi) is 5.79. The lowest BCUT2D eigenvalue weighted by Crippen LogP contribution is -2.40. The second kappa shape index (κ2) is 8.08. The Morgan fingerprint density at radius 2 is 1.78 bits per heavy atom. The molecule has 7 nitrogen and oxygen atoms in total. The third-order valence-corrected chi connectivity index (χ3v) is 6.31. The Morgan fingerprint density at radius 1 is 1.11 bits per heavy atom. The number of hydrogen-bond acceptors (Lipinski definition) is 5. The maximum absolute atomic E-state index is 12.8. The smallest absolute Gasteiger partial charge is 0.255 e. The van der Waals surface area contributed by atoms with E-state index in [2.05, 4.69) is 5.32 Å². The minimum Gasteiger partial charge on any atom is -0.497 e. The van der Waals surface area contributed by atoms with Crippen LogP contribution in [0.5, 0.6) is 5.75 Å². The number of rotatable bonds is 5. The summed E-state index contributed by atoms with van der Waals surface area (Å²) < 4.78 is 37.3. The summed E-state index contributed by atoms with van der Waals surface area (Å²) in [4.78, 5) is 12.7. The fraction of sp³-hybridized carbons (Fsp3) is 0.316. The molecule has 1 heterocycles. The van der Waals surface area contributed by atoms with Crippen molar-refractivity contribution >= 4 is 21.6 Å². The molecule has 0 radical (unpaired) electrons. The molecule has 0 unspecified atom stereocenters. The van der Waals surface area contributed by atoms with Gasteiger partial charge in [0.25, 0.3) is 5.91 Å². The molecule has 0 aliphatic carbocycles. The zero-order valence-corrected chi connectivity index (χ0v) is 16.1. The Labute approximate surface area is 158 Å². The number of methoxy groups -OCH3 is 1. The summed E-state index contributed by atoms with van der Waals surface area (Å²) in [5.74, 6) is 0.336. The monoisotopic (exact) mass is 390 g/mol. The molecule has 1 aliphatic rings. The molecule has 27 heavy (non-hydrogen) atoms. The van der Waals surface area contributed by atoms with Crippen LogP contribution in [0.2, 0.25) is 0 Å². The molecule has 0 aromatic heterocycles. The van der Waals surface area contributed by atoms with E-state index < -0.39 is 10.0 Å². The van der Waals surface area contributed by atoms with Crippen molar-refractivity contribution in [2.75, 3.05) is 38.7 Å². The molecule has 1 N–H and O–H groups in total. The van der Waals surface area contributed by atoms with Gasteiger partial charge in [-0.2, -0.15) is 4.31 Å². The van der Waals surface area contributed by atoms with E-state index >= 15 is 0 Å². The predicted octanol–water partition coefficient (Wildman–Crippen LogP) is 2.28. The van der Waals surface area contributed by atoms with Crippen LogP contribution in [-0.2, 0) is 14.8 Å². The molecule has 0 bridgehead atoms. The van der Waals surface area contributed by atoms with Crippen LogP contribution < -0.4 is 10.1 Å². The highest BCUT2D eigenvalue weighted by atomic mass is 32.2. The van der Waals surface area contributed by atoms with Gasteiger partial charge in [0.2, 0.25) is 10.0 Å².